The summed E-state index contributed by atoms with van der Waals surface area (Å²) in [5.74, 6) is -1.39. The van der Waals surface area contributed by atoms with Crippen LogP contribution in [0, 0.1) is 0 Å². The number of carbonyl (C=O) groups excluding carboxylic acids is 2. The van der Waals surface area contributed by atoms with Crippen molar-refractivity contribution in [1.82, 2.24) is 39.2 Å². The number of aromatic nitrogens is 6. The van der Waals surface area contributed by atoms with E-state index in [4.69, 9.17) is 4.98 Å². The molecule has 0 aliphatic heterocycles. The van der Waals surface area contributed by atoms with Gasteiger partial charge in [0.15, 0.2) is 11.5 Å². The smallest absolute Gasteiger partial charge is 0.383 e. The Kier molecular flexibility index (Phi) is 11.5. The highest BCUT2D eigenvalue weighted by atomic mass is 32.3. The van der Waals surface area contributed by atoms with Crippen LogP contribution in [0.1, 0.15) is 31.7 Å². The highest BCUT2D eigenvalue weighted by Crippen LogP contribution is 2.56. The molecule has 288 valence electrons. The molecule has 1 saturated carbocycles. The molecular formula is C37H34F6N8O3S. The number of ketones is 1. The first-order chi connectivity index (χ1) is 26.2. The Labute approximate surface area is 313 Å². The van der Waals surface area contributed by atoms with Gasteiger partial charge in [0, 0.05) is 68.1 Å². The molecule has 2 aromatic carbocycles. The van der Waals surface area contributed by atoms with Gasteiger partial charge in [0.25, 0.3) is 11.4 Å². The summed E-state index contributed by atoms with van der Waals surface area (Å²) >= 11 is -5.05. The fourth-order valence-electron chi connectivity index (χ4n) is 6.20. The van der Waals surface area contributed by atoms with E-state index < -0.39 is 29.0 Å². The molecule has 7 rings (SSSR count). The standard InChI is InChI=1S/C31H20F3N7O2.C6H14F3NOS/c32-31(33,34)29(43)38-30(16-21(42)17-30)20-9-7-19(8-10-20)25-22(18-5-2-1-3-6-18)15-23-24(37-25)11-14-41-27(23)39-40-28(41)26-35-12-4-13-36-26;1-3-4-10(5-6-11-2)12(7,8)9/h1-15H,16-17H2,(H,38,43);3-6H2,1-2H3. The molecule has 55 heavy (non-hydrogen) atoms. The zero-order chi connectivity index (χ0) is 39.4. The van der Waals surface area contributed by atoms with E-state index in [9.17, 15) is 34.4 Å². The minimum atomic E-state index is -5.06. The second kappa shape index (κ2) is 16.1. The number of benzene rings is 2. The van der Waals surface area contributed by atoms with Crippen molar-refractivity contribution in [3.05, 3.63) is 97.0 Å². The second-order valence-corrected chi connectivity index (χ2v) is 13.9. The van der Waals surface area contributed by atoms with Crippen molar-refractivity contribution in [2.45, 2.75) is 37.9 Å². The van der Waals surface area contributed by atoms with Gasteiger partial charge in [0.05, 0.1) is 23.4 Å². The van der Waals surface area contributed by atoms with E-state index in [-0.39, 0.29) is 38.3 Å². The highest BCUT2D eigenvalue weighted by molar-refractivity contribution is 8.18. The van der Waals surface area contributed by atoms with Gasteiger partial charge in [-0.05, 0) is 35.7 Å². The molecule has 0 radical (unpaired) electrons. The minimum absolute atomic E-state index is 0.0524. The summed E-state index contributed by atoms with van der Waals surface area (Å²) in [5.41, 5.74) is 3.26. The minimum Gasteiger partial charge on any atom is -0.383 e. The van der Waals surface area contributed by atoms with Crippen LogP contribution in [0.5, 0.6) is 0 Å². The maximum absolute atomic E-state index is 13.0. The Morgan fingerprint density at radius 1 is 0.945 bits per heavy atom. The van der Waals surface area contributed by atoms with Crippen molar-refractivity contribution in [1.29, 1.82) is 0 Å². The topological polar surface area (TPSA) is 128 Å². The Morgan fingerprint density at radius 2 is 1.64 bits per heavy atom. The van der Waals surface area contributed by atoms with Crippen LogP contribution in [0.2, 0.25) is 0 Å². The number of ether oxygens (including phenoxy) is 1. The van der Waals surface area contributed by atoms with Gasteiger partial charge in [-0.3, -0.25) is 14.0 Å². The molecule has 0 spiro atoms. The van der Waals surface area contributed by atoms with Gasteiger partial charge in [-0.2, -0.15) is 17.5 Å². The lowest BCUT2D eigenvalue weighted by Crippen LogP contribution is -2.57. The lowest BCUT2D eigenvalue weighted by molar-refractivity contribution is -0.177. The average Bonchev–Trinajstić information content (AvgIpc) is 3.60. The van der Waals surface area contributed by atoms with Gasteiger partial charge in [-0.15, -0.1) is 21.9 Å². The van der Waals surface area contributed by atoms with Crippen LogP contribution in [0.4, 0.5) is 24.8 Å². The summed E-state index contributed by atoms with van der Waals surface area (Å²) in [7, 11) is 1.40. The van der Waals surface area contributed by atoms with Gasteiger partial charge in [0.2, 0.25) is 5.82 Å². The maximum Gasteiger partial charge on any atom is 0.471 e. The first-order valence-corrected chi connectivity index (χ1v) is 18.2. The third kappa shape index (κ3) is 8.60. The quantitative estimate of drug-likeness (QED) is 0.130. The van der Waals surface area contributed by atoms with Crippen molar-refractivity contribution in [3.63, 3.8) is 0 Å². The number of pyridine rings is 2. The molecule has 1 aliphatic rings. The van der Waals surface area contributed by atoms with Gasteiger partial charge in [-0.25, -0.2) is 15.0 Å². The fourth-order valence-corrected chi connectivity index (χ4v) is 6.87. The Morgan fingerprint density at radius 3 is 2.24 bits per heavy atom. The number of rotatable bonds is 11. The summed E-state index contributed by atoms with van der Waals surface area (Å²) in [6.45, 7) is 1.88. The van der Waals surface area contributed by atoms with Crippen molar-refractivity contribution < 1.29 is 39.2 Å². The SMILES string of the molecule is CCCN(CCOC)S(F)(F)F.O=C1CC(NC(=O)C(F)(F)F)(c2ccc(-c3nc4ccn5c(-c6ncccn6)nnc5c4cc3-c3ccccc3)cc2)C1. The molecule has 0 unspecified atom stereocenters. The summed E-state index contributed by atoms with van der Waals surface area (Å²) in [5, 5.41) is 11.5. The van der Waals surface area contributed by atoms with E-state index in [2.05, 4.69) is 24.9 Å². The van der Waals surface area contributed by atoms with Crippen LogP contribution in [0.25, 0.3) is 50.6 Å². The molecular weight excluding hydrogens is 751 g/mol. The molecule has 18 heteroatoms. The van der Waals surface area contributed by atoms with Crippen molar-refractivity contribution in [3.8, 4) is 34.0 Å². The van der Waals surface area contributed by atoms with Gasteiger partial charge in [0.1, 0.15) is 5.78 Å². The zero-order valence-electron chi connectivity index (χ0n) is 29.4. The van der Waals surface area contributed by atoms with E-state index in [0.29, 0.717) is 50.4 Å². The van der Waals surface area contributed by atoms with Gasteiger partial charge >= 0.3 is 12.1 Å². The number of alkyl halides is 3. The van der Waals surface area contributed by atoms with Gasteiger partial charge < -0.3 is 10.1 Å². The number of amides is 1. The largest absolute Gasteiger partial charge is 0.471 e. The number of carbonyl (C=O) groups is 2. The van der Waals surface area contributed by atoms with E-state index >= 15 is 0 Å². The van der Waals surface area contributed by atoms with Crippen LogP contribution in [0.15, 0.2) is 91.4 Å². The number of Topliss-reactive ketones (excluding diaryl/α,β-unsaturated/α-hetero) is 1. The summed E-state index contributed by atoms with van der Waals surface area (Å²) in [6.07, 6.45) is 0.0974. The van der Waals surface area contributed by atoms with Crippen molar-refractivity contribution in [2.24, 2.45) is 0 Å². The molecule has 1 fully saturated rings. The maximum atomic E-state index is 13.0. The summed E-state index contributed by atoms with van der Waals surface area (Å²) in [6, 6.07) is 21.9. The molecule has 1 aliphatic carbocycles. The summed E-state index contributed by atoms with van der Waals surface area (Å²) in [4.78, 5) is 37.2. The lowest BCUT2D eigenvalue weighted by Gasteiger charge is -2.41. The molecule has 0 atom stereocenters. The average molecular weight is 785 g/mol. The molecule has 1 N–H and O–H groups in total. The molecule has 1 amide bonds. The molecule has 4 heterocycles. The molecule has 11 nitrogen and oxygen atoms in total. The number of nitrogens with one attached hydrogen (secondary N) is 1. The fraction of sp³-hybridized carbons (Fsp3) is 0.270. The number of hydrogen-bond acceptors (Lipinski definition) is 9. The number of hydrogen-bond donors (Lipinski definition) is 1. The first-order valence-electron chi connectivity index (χ1n) is 16.9. The van der Waals surface area contributed by atoms with Crippen molar-refractivity contribution >= 4 is 39.6 Å². The highest BCUT2D eigenvalue weighted by Gasteiger charge is 2.51. The van der Waals surface area contributed by atoms with E-state index in [1.54, 1.807) is 60.2 Å². The number of nitrogens with zero attached hydrogens (tertiary/aromatic N) is 7. The Balaban J connectivity index is 0.000000372. The molecule has 6 aromatic rings. The second-order valence-electron chi connectivity index (χ2n) is 12.6. The first kappa shape index (κ1) is 39.2. The van der Waals surface area contributed by atoms with Crippen LogP contribution in [0.3, 0.4) is 0 Å². The van der Waals surface area contributed by atoms with Gasteiger partial charge in [-0.1, -0.05) is 61.5 Å². The van der Waals surface area contributed by atoms with E-state index in [1.165, 1.54) is 7.11 Å². The lowest BCUT2D eigenvalue weighted by atomic mass is 9.70. The van der Waals surface area contributed by atoms with E-state index in [0.717, 1.165) is 16.5 Å². The van der Waals surface area contributed by atoms with Crippen LogP contribution in [-0.2, 0) is 19.9 Å². The Hall–Kier alpha value is -5.46. The Bertz CT molecular complexity index is 2280. The number of fused-ring (bicyclic) bond motifs is 3. The molecule has 4 aromatic heterocycles. The predicted octanol–water partition coefficient (Wildman–Crippen LogP) is 8.02. The monoisotopic (exact) mass is 784 g/mol. The van der Waals surface area contributed by atoms with Crippen molar-refractivity contribution in [2.75, 3.05) is 26.8 Å². The number of methoxy groups -OCH3 is 1. The molecule has 0 bridgehead atoms. The third-order valence-electron chi connectivity index (χ3n) is 8.85. The van der Waals surface area contributed by atoms with E-state index in [1.807, 2.05) is 47.8 Å². The van der Waals surface area contributed by atoms with Crippen LogP contribution >= 0.6 is 11.4 Å². The van der Waals surface area contributed by atoms with Crippen LogP contribution in [-0.4, -0.2) is 78.5 Å². The normalized spacial score (nSPS) is 14.4. The predicted molar refractivity (Wildman–Crippen MR) is 195 cm³/mol. The third-order valence-corrected chi connectivity index (χ3v) is 9.80. The summed E-state index contributed by atoms with van der Waals surface area (Å²) < 4.78 is 82.6. The number of halogens is 6. The zero-order valence-corrected chi connectivity index (χ0v) is 30.3. The van der Waals surface area contributed by atoms with Crippen LogP contribution < -0.4 is 5.32 Å². The molecule has 0 saturated heterocycles.